The number of hydrogen-bond donors (Lipinski definition) is 0. The van der Waals surface area contributed by atoms with Crippen LogP contribution in [0.2, 0.25) is 0 Å². The van der Waals surface area contributed by atoms with Crippen LogP contribution < -0.4 is 0 Å². The molecule has 0 heterocycles. The average Bonchev–Trinajstić information content (AvgIpc) is 2.48. The van der Waals surface area contributed by atoms with Crippen molar-refractivity contribution in [3.8, 4) is 0 Å². The number of benzene rings is 3. The summed E-state index contributed by atoms with van der Waals surface area (Å²) in [6.07, 6.45) is 0. The van der Waals surface area contributed by atoms with Crippen LogP contribution in [0.4, 0.5) is 5.69 Å². The lowest BCUT2D eigenvalue weighted by atomic mass is 10.1. The normalized spacial score (nSPS) is 9.65. The molecule has 3 heteroatoms. The van der Waals surface area contributed by atoms with E-state index in [1.54, 1.807) is 25.1 Å². The Kier molecular flexibility index (Phi) is 4.45. The maximum Gasteiger partial charge on any atom is 0.272 e. The Hall–Kier alpha value is -2.68. The summed E-state index contributed by atoms with van der Waals surface area (Å²) in [7, 11) is 0. The van der Waals surface area contributed by atoms with Gasteiger partial charge in [0, 0.05) is 11.6 Å². The molecule has 0 radical (unpaired) electrons. The van der Waals surface area contributed by atoms with Crippen LogP contribution in [-0.2, 0) is 0 Å². The van der Waals surface area contributed by atoms with Crippen molar-refractivity contribution in [1.29, 1.82) is 0 Å². The zero-order valence-electron chi connectivity index (χ0n) is 11.2. The summed E-state index contributed by atoms with van der Waals surface area (Å²) in [6, 6.07) is 23.4. The number of nitrogens with zero attached hydrogens (tertiary/aromatic N) is 1. The molecule has 0 saturated carbocycles. The van der Waals surface area contributed by atoms with Gasteiger partial charge in [0.25, 0.3) is 5.69 Å². The van der Waals surface area contributed by atoms with E-state index in [4.69, 9.17) is 0 Å². The Morgan fingerprint density at radius 1 is 0.750 bits per heavy atom. The van der Waals surface area contributed by atoms with Gasteiger partial charge in [0.15, 0.2) is 0 Å². The summed E-state index contributed by atoms with van der Waals surface area (Å²) in [6.45, 7) is 1.72. The summed E-state index contributed by atoms with van der Waals surface area (Å²) in [4.78, 5) is 9.85. The van der Waals surface area contributed by atoms with E-state index in [1.165, 1.54) is 16.8 Å². The van der Waals surface area contributed by atoms with Gasteiger partial charge in [-0.15, -0.1) is 0 Å². The summed E-state index contributed by atoms with van der Waals surface area (Å²) in [5.74, 6) is 0. The van der Waals surface area contributed by atoms with Gasteiger partial charge in [-0.2, -0.15) is 0 Å². The van der Waals surface area contributed by atoms with Gasteiger partial charge >= 0.3 is 0 Å². The molecule has 3 aromatic carbocycles. The minimum absolute atomic E-state index is 0.183. The zero-order chi connectivity index (χ0) is 14.4. The molecule has 0 amide bonds. The van der Waals surface area contributed by atoms with Crippen LogP contribution in [-0.4, -0.2) is 4.92 Å². The topological polar surface area (TPSA) is 43.1 Å². The van der Waals surface area contributed by atoms with E-state index in [1.807, 2.05) is 0 Å². The van der Waals surface area contributed by atoms with E-state index < -0.39 is 0 Å². The molecule has 0 fully saturated rings. The van der Waals surface area contributed by atoms with E-state index >= 15 is 0 Å². The molecule has 0 aromatic heterocycles. The standard InChI is InChI=1S/C10H8.C7H7NO2/c1-2-6-10-8-4-3-7-9(10)5-1;1-6-4-2-3-5-7(6)8(9)10/h1-8H;2-5H,1H3. The second-order valence-electron chi connectivity index (χ2n) is 4.39. The molecule has 20 heavy (non-hydrogen) atoms. The number of fused-ring (bicyclic) bond motifs is 1. The molecule has 0 saturated heterocycles. The smallest absolute Gasteiger partial charge is 0.258 e. The highest BCUT2D eigenvalue weighted by atomic mass is 16.6. The Bertz CT molecular complexity index is 657. The van der Waals surface area contributed by atoms with Crippen LogP contribution in [0.5, 0.6) is 0 Å². The first kappa shape index (κ1) is 13.7. The summed E-state index contributed by atoms with van der Waals surface area (Å²) >= 11 is 0. The predicted octanol–water partition coefficient (Wildman–Crippen LogP) is 4.74. The number of hydrogen-bond acceptors (Lipinski definition) is 2. The molecular weight excluding hydrogens is 250 g/mol. The largest absolute Gasteiger partial charge is 0.272 e. The van der Waals surface area contributed by atoms with E-state index in [0.29, 0.717) is 5.56 Å². The first-order valence-electron chi connectivity index (χ1n) is 6.32. The second-order valence-corrected chi connectivity index (χ2v) is 4.39. The van der Waals surface area contributed by atoms with Crippen molar-refractivity contribution in [3.63, 3.8) is 0 Å². The SMILES string of the molecule is Cc1ccccc1[N+](=O)[O-].c1ccc2ccccc2c1. The van der Waals surface area contributed by atoms with Gasteiger partial charge in [0.05, 0.1) is 4.92 Å². The Balaban J connectivity index is 0.000000147. The number of aryl methyl sites for hydroxylation is 1. The third-order valence-corrected chi connectivity index (χ3v) is 2.97. The van der Waals surface area contributed by atoms with Gasteiger partial charge in [-0.05, 0) is 17.7 Å². The van der Waals surface area contributed by atoms with Crippen molar-refractivity contribution >= 4 is 16.5 Å². The summed E-state index contributed by atoms with van der Waals surface area (Å²) in [5, 5.41) is 12.8. The van der Waals surface area contributed by atoms with Crippen molar-refractivity contribution in [2.75, 3.05) is 0 Å². The molecule has 0 spiro atoms. The molecule has 0 aliphatic rings. The fraction of sp³-hybridized carbons (Fsp3) is 0.0588. The van der Waals surface area contributed by atoms with E-state index in [9.17, 15) is 10.1 Å². The fourth-order valence-corrected chi connectivity index (χ4v) is 1.90. The molecule has 3 rings (SSSR count). The van der Waals surface area contributed by atoms with E-state index in [-0.39, 0.29) is 10.6 Å². The maximum absolute atomic E-state index is 10.2. The first-order chi connectivity index (χ1) is 9.68. The third-order valence-electron chi connectivity index (χ3n) is 2.97. The molecule has 0 aliphatic heterocycles. The molecule has 3 nitrogen and oxygen atoms in total. The molecule has 0 N–H and O–H groups in total. The van der Waals surface area contributed by atoms with Crippen molar-refractivity contribution in [1.82, 2.24) is 0 Å². The van der Waals surface area contributed by atoms with Crippen molar-refractivity contribution in [2.45, 2.75) is 6.92 Å². The highest BCUT2D eigenvalue weighted by molar-refractivity contribution is 5.81. The Morgan fingerprint density at radius 2 is 1.15 bits per heavy atom. The number of rotatable bonds is 1. The lowest BCUT2D eigenvalue weighted by Crippen LogP contribution is -1.89. The summed E-state index contributed by atoms with van der Waals surface area (Å²) in [5.41, 5.74) is 0.884. The Morgan fingerprint density at radius 3 is 1.50 bits per heavy atom. The number of nitro groups is 1. The van der Waals surface area contributed by atoms with Crippen molar-refractivity contribution in [3.05, 3.63) is 88.5 Å². The van der Waals surface area contributed by atoms with Crippen LogP contribution in [0.15, 0.2) is 72.8 Å². The molecule has 3 aromatic rings. The lowest BCUT2D eigenvalue weighted by molar-refractivity contribution is -0.385. The molecule has 0 bridgehead atoms. The van der Waals surface area contributed by atoms with E-state index in [2.05, 4.69) is 48.5 Å². The van der Waals surface area contributed by atoms with Gasteiger partial charge in [-0.1, -0.05) is 66.7 Å². The van der Waals surface area contributed by atoms with Crippen LogP contribution in [0.3, 0.4) is 0 Å². The second kappa shape index (κ2) is 6.48. The number of para-hydroxylation sites is 1. The monoisotopic (exact) mass is 265 g/mol. The van der Waals surface area contributed by atoms with Gasteiger partial charge in [0.2, 0.25) is 0 Å². The average molecular weight is 265 g/mol. The molecule has 0 unspecified atom stereocenters. The van der Waals surface area contributed by atoms with Crippen LogP contribution in [0, 0.1) is 17.0 Å². The van der Waals surface area contributed by atoms with Crippen LogP contribution in [0.25, 0.3) is 10.8 Å². The van der Waals surface area contributed by atoms with Crippen molar-refractivity contribution in [2.24, 2.45) is 0 Å². The third kappa shape index (κ3) is 3.42. The molecule has 100 valence electrons. The van der Waals surface area contributed by atoms with Crippen molar-refractivity contribution < 1.29 is 4.92 Å². The molecular formula is C17H15NO2. The molecule has 0 aliphatic carbocycles. The minimum Gasteiger partial charge on any atom is -0.258 e. The minimum atomic E-state index is -0.380. The summed E-state index contributed by atoms with van der Waals surface area (Å²) < 4.78 is 0. The Labute approximate surface area is 117 Å². The predicted molar refractivity (Wildman–Crippen MR) is 81.8 cm³/mol. The van der Waals surface area contributed by atoms with Gasteiger partial charge in [-0.3, -0.25) is 10.1 Å². The highest BCUT2D eigenvalue weighted by Crippen LogP contribution is 2.15. The quantitative estimate of drug-likeness (QED) is 0.471. The van der Waals surface area contributed by atoms with Gasteiger partial charge in [-0.25, -0.2) is 0 Å². The van der Waals surface area contributed by atoms with Gasteiger partial charge in [0.1, 0.15) is 0 Å². The highest BCUT2D eigenvalue weighted by Gasteiger charge is 2.05. The molecule has 0 atom stereocenters. The van der Waals surface area contributed by atoms with E-state index in [0.717, 1.165) is 0 Å². The maximum atomic E-state index is 10.2. The van der Waals surface area contributed by atoms with Crippen LogP contribution in [0.1, 0.15) is 5.56 Å². The first-order valence-corrected chi connectivity index (χ1v) is 6.32. The number of nitro benzene ring substituents is 1. The fourth-order valence-electron chi connectivity index (χ4n) is 1.90. The lowest BCUT2D eigenvalue weighted by Gasteiger charge is -1.92. The zero-order valence-corrected chi connectivity index (χ0v) is 11.2. The van der Waals surface area contributed by atoms with Gasteiger partial charge < -0.3 is 0 Å². The van der Waals surface area contributed by atoms with Crippen LogP contribution >= 0.6 is 0 Å².